The first-order chi connectivity index (χ1) is 12.7. The number of nitriles is 1. The fourth-order valence-corrected chi connectivity index (χ4v) is 2.55. The first-order valence-electron chi connectivity index (χ1n) is 8.15. The molecule has 1 fully saturated rings. The number of amides is 2. The first-order valence-corrected chi connectivity index (χ1v) is 8.15. The van der Waals surface area contributed by atoms with Crippen LogP contribution < -0.4 is 10.2 Å². The van der Waals surface area contributed by atoms with E-state index in [1.54, 1.807) is 35.2 Å². The van der Waals surface area contributed by atoms with Gasteiger partial charge in [-0.25, -0.2) is 4.79 Å². The molecule has 1 aliphatic heterocycles. The van der Waals surface area contributed by atoms with Crippen LogP contribution in [0.5, 0.6) is 0 Å². The monoisotopic (exact) mass is 347 g/mol. The third-order valence-electron chi connectivity index (χ3n) is 3.92. The number of cyclic esters (lactones) is 1. The summed E-state index contributed by atoms with van der Waals surface area (Å²) in [6, 6.07) is 16.4. The van der Waals surface area contributed by atoms with Crippen LogP contribution in [0, 0.1) is 11.3 Å². The quantitative estimate of drug-likeness (QED) is 0.843. The average molecular weight is 347 g/mol. The van der Waals surface area contributed by atoms with E-state index in [1.807, 2.05) is 30.3 Å². The number of hydrogen-bond donors (Lipinski definition) is 1. The van der Waals surface area contributed by atoms with Gasteiger partial charge < -0.3 is 10.1 Å². The Morgan fingerprint density at radius 1 is 1.27 bits per heavy atom. The number of carbonyl (C=O) groups excluding carboxylic acids is 2. The summed E-state index contributed by atoms with van der Waals surface area (Å²) in [6.07, 6.45) is 2.78. The van der Waals surface area contributed by atoms with E-state index in [0.29, 0.717) is 25.3 Å². The maximum absolute atomic E-state index is 12.0. The Labute approximate surface area is 151 Å². The summed E-state index contributed by atoms with van der Waals surface area (Å²) in [5.74, 6) is -0.222. The zero-order valence-corrected chi connectivity index (χ0v) is 14.0. The van der Waals surface area contributed by atoms with Crippen LogP contribution in [-0.4, -0.2) is 25.2 Å². The molecule has 1 saturated heterocycles. The second kappa shape index (κ2) is 7.99. The maximum Gasteiger partial charge on any atom is 0.414 e. The number of anilines is 1. The second-order valence-corrected chi connectivity index (χ2v) is 5.72. The minimum atomic E-state index is -0.350. The Balaban J connectivity index is 1.56. The molecule has 0 saturated carbocycles. The molecule has 26 heavy (non-hydrogen) atoms. The predicted octanol–water partition coefficient (Wildman–Crippen LogP) is 2.84. The van der Waals surface area contributed by atoms with Crippen LogP contribution in [0.2, 0.25) is 0 Å². The fraction of sp³-hybridized carbons (Fsp3) is 0.150. The van der Waals surface area contributed by atoms with Crippen LogP contribution in [0.15, 0.2) is 54.6 Å². The molecule has 2 aromatic rings. The molecule has 0 bridgehead atoms. The standard InChI is InChI=1S/C20H17N3O3/c21-13-16-6-4-15(5-7-16)8-9-19(24)22-14-17-2-1-3-18(12-17)23-10-11-26-20(23)25/h1-9,12H,10-11,14H2,(H,22,24). The molecule has 6 heteroatoms. The van der Waals surface area contributed by atoms with Crippen molar-refractivity contribution in [3.05, 3.63) is 71.3 Å². The maximum atomic E-state index is 12.0. The molecule has 0 aliphatic carbocycles. The van der Waals surface area contributed by atoms with E-state index in [4.69, 9.17) is 10.00 Å². The summed E-state index contributed by atoms with van der Waals surface area (Å²) < 4.78 is 4.94. The highest BCUT2D eigenvalue weighted by Gasteiger charge is 2.23. The van der Waals surface area contributed by atoms with Crippen molar-refractivity contribution in [2.24, 2.45) is 0 Å². The third-order valence-corrected chi connectivity index (χ3v) is 3.92. The van der Waals surface area contributed by atoms with Crippen molar-refractivity contribution in [1.29, 1.82) is 5.26 Å². The van der Waals surface area contributed by atoms with Gasteiger partial charge in [0.1, 0.15) is 6.61 Å². The number of hydrogen-bond acceptors (Lipinski definition) is 4. The summed E-state index contributed by atoms with van der Waals surface area (Å²) in [7, 11) is 0. The lowest BCUT2D eigenvalue weighted by Crippen LogP contribution is -2.24. The van der Waals surface area contributed by atoms with Gasteiger partial charge in [0.05, 0.1) is 18.2 Å². The van der Waals surface area contributed by atoms with Crippen molar-refractivity contribution < 1.29 is 14.3 Å². The van der Waals surface area contributed by atoms with Crippen molar-refractivity contribution in [2.45, 2.75) is 6.54 Å². The molecular weight excluding hydrogens is 330 g/mol. The van der Waals surface area contributed by atoms with Crippen LogP contribution in [-0.2, 0) is 16.1 Å². The number of nitrogens with one attached hydrogen (secondary N) is 1. The number of benzene rings is 2. The molecule has 1 aliphatic rings. The molecular formula is C20H17N3O3. The van der Waals surface area contributed by atoms with Crippen LogP contribution in [0.3, 0.4) is 0 Å². The molecule has 0 unspecified atom stereocenters. The smallest absolute Gasteiger partial charge is 0.414 e. The molecule has 0 atom stereocenters. The molecule has 0 radical (unpaired) electrons. The lowest BCUT2D eigenvalue weighted by atomic mass is 10.1. The molecule has 6 nitrogen and oxygen atoms in total. The highest BCUT2D eigenvalue weighted by atomic mass is 16.6. The van der Waals surface area contributed by atoms with Gasteiger partial charge in [-0.15, -0.1) is 0 Å². The van der Waals surface area contributed by atoms with Gasteiger partial charge >= 0.3 is 6.09 Å². The van der Waals surface area contributed by atoms with Gasteiger partial charge in [-0.05, 0) is 41.5 Å². The molecule has 0 spiro atoms. The van der Waals surface area contributed by atoms with Gasteiger partial charge in [0.25, 0.3) is 0 Å². The van der Waals surface area contributed by atoms with Crippen LogP contribution in [0.25, 0.3) is 6.08 Å². The summed E-state index contributed by atoms with van der Waals surface area (Å²) in [6.45, 7) is 1.27. The first kappa shape index (κ1) is 17.2. The molecule has 3 rings (SSSR count). The molecule has 1 N–H and O–H groups in total. The molecule has 0 aromatic heterocycles. The summed E-state index contributed by atoms with van der Waals surface area (Å²) in [5.41, 5.74) is 3.07. The number of ether oxygens (including phenoxy) is 1. The minimum absolute atomic E-state index is 0.222. The van der Waals surface area contributed by atoms with Gasteiger partial charge in [0.15, 0.2) is 0 Å². The largest absolute Gasteiger partial charge is 0.447 e. The Kier molecular flexibility index (Phi) is 5.30. The SMILES string of the molecule is N#Cc1ccc(C=CC(=O)NCc2cccc(N3CCOC3=O)c2)cc1. The van der Waals surface area contributed by atoms with Crippen molar-refractivity contribution in [3.63, 3.8) is 0 Å². The molecule has 2 amide bonds. The minimum Gasteiger partial charge on any atom is -0.447 e. The Bertz CT molecular complexity index is 882. The van der Waals surface area contributed by atoms with E-state index in [2.05, 4.69) is 5.32 Å². The van der Waals surface area contributed by atoms with Gasteiger partial charge in [0, 0.05) is 18.3 Å². The highest BCUT2D eigenvalue weighted by Crippen LogP contribution is 2.19. The van der Waals surface area contributed by atoms with Crippen LogP contribution in [0.4, 0.5) is 10.5 Å². The predicted molar refractivity (Wildman–Crippen MR) is 97.2 cm³/mol. The van der Waals surface area contributed by atoms with Crippen molar-refractivity contribution in [1.82, 2.24) is 5.32 Å². The fourth-order valence-electron chi connectivity index (χ4n) is 2.55. The van der Waals surface area contributed by atoms with Crippen molar-refractivity contribution >= 4 is 23.8 Å². The zero-order chi connectivity index (χ0) is 18.4. The van der Waals surface area contributed by atoms with E-state index in [-0.39, 0.29) is 12.0 Å². The van der Waals surface area contributed by atoms with Gasteiger partial charge in [-0.3, -0.25) is 9.69 Å². The average Bonchev–Trinajstić information content (AvgIpc) is 3.11. The number of carbonyl (C=O) groups is 2. The van der Waals surface area contributed by atoms with E-state index in [9.17, 15) is 9.59 Å². The Hall–Kier alpha value is -3.59. The second-order valence-electron chi connectivity index (χ2n) is 5.72. The third kappa shape index (κ3) is 4.28. The zero-order valence-electron chi connectivity index (χ0n) is 14.0. The normalized spacial score (nSPS) is 13.5. The van der Waals surface area contributed by atoms with E-state index < -0.39 is 0 Å². The summed E-state index contributed by atoms with van der Waals surface area (Å²) in [4.78, 5) is 25.2. The van der Waals surface area contributed by atoms with E-state index >= 15 is 0 Å². The van der Waals surface area contributed by atoms with Gasteiger partial charge in [-0.1, -0.05) is 24.3 Å². The van der Waals surface area contributed by atoms with Crippen molar-refractivity contribution in [3.8, 4) is 6.07 Å². The number of rotatable bonds is 5. The lowest BCUT2D eigenvalue weighted by molar-refractivity contribution is -0.116. The van der Waals surface area contributed by atoms with Crippen LogP contribution >= 0.6 is 0 Å². The van der Waals surface area contributed by atoms with E-state index in [0.717, 1.165) is 16.8 Å². The van der Waals surface area contributed by atoms with Gasteiger partial charge in [-0.2, -0.15) is 5.26 Å². The Morgan fingerprint density at radius 3 is 2.77 bits per heavy atom. The van der Waals surface area contributed by atoms with E-state index in [1.165, 1.54) is 6.08 Å². The van der Waals surface area contributed by atoms with Crippen molar-refractivity contribution in [2.75, 3.05) is 18.1 Å². The number of nitrogens with zero attached hydrogens (tertiary/aromatic N) is 2. The topological polar surface area (TPSA) is 82.4 Å². The lowest BCUT2D eigenvalue weighted by Gasteiger charge is -2.13. The van der Waals surface area contributed by atoms with Gasteiger partial charge in [0.2, 0.25) is 5.91 Å². The molecule has 130 valence electrons. The van der Waals surface area contributed by atoms with Crippen LogP contribution in [0.1, 0.15) is 16.7 Å². The summed E-state index contributed by atoms with van der Waals surface area (Å²) >= 11 is 0. The highest BCUT2D eigenvalue weighted by molar-refractivity contribution is 5.92. The Morgan fingerprint density at radius 2 is 2.08 bits per heavy atom. The summed E-state index contributed by atoms with van der Waals surface area (Å²) in [5, 5.41) is 11.6. The molecule has 1 heterocycles. The molecule has 2 aromatic carbocycles.